The average Bonchev–Trinajstić information content (AvgIpc) is 2.05. The number of nitrogens with zero attached hydrogens (tertiary/aromatic N) is 1. The molecule has 0 radical (unpaired) electrons. The number of rotatable bonds is 2. The smallest absolute Gasteiger partial charge is 0.370 e. The summed E-state index contributed by atoms with van der Waals surface area (Å²) >= 11 is 0. The van der Waals surface area contributed by atoms with Gasteiger partial charge in [0.15, 0.2) is 0 Å². The average molecular weight is 160 g/mol. The van der Waals surface area contributed by atoms with Crippen LogP contribution in [0.15, 0.2) is 0 Å². The van der Waals surface area contributed by atoms with Crippen LogP contribution in [0.1, 0.15) is 6.92 Å². The van der Waals surface area contributed by atoms with Gasteiger partial charge < -0.3 is 19.2 Å². The van der Waals surface area contributed by atoms with E-state index in [1.54, 1.807) is 0 Å². The van der Waals surface area contributed by atoms with E-state index in [-0.39, 0.29) is 0 Å². The van der Waals surface area contributed by atoms with E-state index in [2.05, 4.69) is 0 Å². The molecule has 11 heavy (non-hydrogen) atoms. The molecule has 0 aromatic rings. The maximum absolute atomic E-state index is 9.10. The van der Waals surface area contributed by atoms with Gasteiger partial charge in [0.25, 0.3) is 0 Å². The van der Waals surface area contributed by atoms with E-state index in [0.717, 1.165) is 6.54 Å². The predicted molar refractivity (Wildman–Crippen MR) is 41.5 cm³/mol. The normalized spacial score (nSPS) is 23.2. The lowest BCUT2D eigenvalue weighted by molar-refractivity contribution is -0.849. The first-order valence-corrected chi connectivity index (χ1v) is 4.01. The third-order valence-corrected chi connectivity index (χ3v) is 2.48. The third kappa shape index (κ3) is 1.73. The molecule has 1 saturated heterocycles. The first-order chi connectivity index (χ1) is 5.21. The second kappa shape index (κ2) is 3.54. The van der Waals surface area contributed by atoms with Gasteiger partial charge in [0, 0.05) is 0 Å². The van der Waals surface area contributed by atoms with Gasteiger partial charge in [0.2, 0.25) is 0 Å². The molecule has 0 aromatic carbocycles. The van der Waals surface area contributed by atoms with Crippen LogP contribution in [0.3, 0.4) is 0 Å². The molecule has 0 unspecified atom stereocenters. The van der Waals surface area contributed by atoms with E-state index in [0.29, 0.717) is 30.7 Å². The van der Waals surface area contributed by atoms with E-state index in [1.807, 2.05) is 6.92 Å². The Hall–Kier alpha value is -0.0951. The quantitative estimate of drug-likeness (QED) is 0.500. The number of quaternary nitrogens is 1. The standard InChI is InChI=1S/C6H15BNO3/c1-2-8(7(9)10)3-5-11-6-4-8/h9-10H,2-6H2,1H3/q+1. The lowest BCUT2D eigenvalue weighted by atomic mass is 9.98. The Morgan fingerprint density at radius 1 is 1.36 bits per heavy atom. The number of hydrogen-bond donors (Lipinski definition) is 2. The van der Waals surface area contributed by atoms with Crippen molar-refractivity contribution in [2.24, 2.45) is 0 Å². The molecule has 1 heterocycles. The fourth-order valence-corrected chi connectivity index (χ4v) is 1.42. The van der Waals surface area contributed by atoms with Crippen LogP contribution in [0.25, 0.3) is 0 Å². The summed E-state index contributed by atoms with van der Waals surface area (Å²) < 4.78 is 5.50. The summed E-state index contributed by atoms with van der Waals surface area (Å²) in [6.45, 7) is 5.38. The van der Waals surface area contributed by atoms with Crippen molar-refractivity contribution in [3.05, 3.63) is 0 Å². The predicted octanol–water partition coefficient (Wildman–Crippen LogP) is -1.18. The summed E-state index contributed by atoms with van der Waals surface area (Å²) in [6.07, 6.45) is 0. The molecular formula is C6H15BNO3+. The minimum absolute atomic E-state index is 0.361. The molecule has 0 aliphatic carbocycles. The van der Waals surface area contributed by atoms with Crippen molar-refractivity contribution >= 4 is 7.25 Å². The Morgan fingerprint density at radius 3 is 2.18 bits per heavy atom. The first kappa shape index (κ1) is 9.00. The van der Waals surface area contributed by atoms with Gasteiger partial charge in [0.1, 0.15) is 0 Å². The van der Waals surface area contributed by atoms with Crippen molar-refractivity contribution in [3.8, 4) is 0 Å². The van der Waals surface area contributed by atoms with Crippen LogP contribution < -0.4 is 0 Å². The van der Waals surface area contributed by atoms with Gasteiger partial charge in [-0.25, -0.2) is 0 Å². The van der Waals surface area contributed by atoms with Gasteiger partial charge >= 0.3 is 7.25 Å². The summed E-state index contributed by atoms with van der Waals surface area (Å²) in [5.74, 6) is 0. The van der Waals surface area contributed by atoms with Crippen molar-refractivity contribution in [2.45, 2.75) is 6.92 Å². The molecule has 64 valence electrons. The summed E-state index contributed by atoms with van der Waals surface area (Å²) in [5, 5.41) is 18.2. The fourth-order valence-electron chi connectivity index (χ4n) is 1.42. The lowest BCUT2D eigenvalue weighted by Crippen LogP contribution is -2.63. The third-order valence-electron chi connectivity index (χ3n) is 2.48. The SMILES string of the molecule is CC[N+]1(B(O)O)CCOCC1. The molecular weight excluding hydrogens is 145 g/mol. The zero-order valence-corrected chi connectivity index (χ0v) is 6.86. The second-order valence-electron chi connectivity index (χ2n) is 2.94. The van der Waals surface area contributed by atoms with E-state index < -0.39 is 7.25 Å². The summed E-state index contributed by atoms with van der Waals surface area (Å²) in [4.78, 5) is 0. The largest absolute Gasteiger partial charge is 0.754 e. The summed E-state index contributed by atoms with van der Waals surface area (Å²) in [6, 6.07) is 0. The molecule has 0 spiro atoms. The van der Waals surface area contributed by atoms with Gasteiger partial charge in [-0.15, -0.1) is 0 Å². The van der Waals surface area contributed by atoms with Crippen LogP contribution in [0.4, 0.5) is 0 Å². The molecule has 0 atom stereocenters. The van der Waals surface area contributed by atoms with Crippen LogP contribution in [0.2, 0.25) is 0 Å². The highest BCUT2D eigenvalue weighted by atomic mass is 16.5. The van der Waals surface area contributed by atoms with Gasteiger partial charge in [-0.05, 0) is 6.92 Å². The van der Waals surface area contributed by atoms with Crippen LogP contribution in [-0.4, -0.2) is 54.5 Å². The molecule has 0 amide bonds. The van der Waals surface area contributed by atoms with Crippen molar-refractivity contribution in [1.82, 2.24) is 0 Å². The summed E-state index contributed by atoms with van der Waals surface area (Å²) in [5.41, 5.74) is 0. The van der Waals surface area contributed by atoms with Crippen molar-refractivity contribution in [3.63, 3.8) is 0 Å². The molecule has 0 saturated carbocycles. The lowest BCUT2D eigenvalue weighted by Gasteiger charge is -2.39. The zero-order chi connectivity index (χ0) is 8.32. The molecule has 1 fully saturated rings. The number of hydrogen-bond acceptors (Lipinski definition) is 3. The highest BCUT2D eigenvalue weighted by molar-refractivity contribution is 6.31. The van der Waals surface area contributed by atoms with Crippen LogP contribution in [-0.2, 0) is 4.74 Å². The maximum Gasteiger partial charge on any atom is 0.754 e. The monoisotopic (exact) mass is 160 g/mol. The van der Waals surface area contributed by atoms with Crippen molar-refractivity contribution < 1.29 is 19.2 Å². The van der Waals surface area contributed by atoms with Gasteiger partial charge in [-0.2, -0.15) is 0 Å². The fraction of sp³-hybridized carbons (Fsp3) is 1.00. The number of morpholine rings is 1. The Balaban J connectivity index is 2.57. The minimum Gasteiger partial charge on any atom is -0.370 e. The van der Waals surface area contributed by atoms with E-state index in [4.69, 9.17) is 14.8 Å². The minimum atomic E-state index is -1.25. The van der Waals surface area contributed by atoms with E-state index in [9.17, 15) is 0 Å². The van der Waals surface area contributed by atoms with E-state index >= 15 is 0 Å². The zero-order valence-electron chi connectivity index (χ0n) is 6.86. The number of ether oxygens (including phenoxy) is 1. The second-order valence-corrected chi connectivity index (χ2v) is 2.94. The first-order valence-electron chi connectivity index (χ1n) is 4.01. The molecule has 0 aromatic heterocycles. The van der Waals surface area contributed by atoms with Crippen LogP contribution in [0, 0.1) is 0 Å². The topological polar surface area (TPSA) is 49.7 Å². The van der Waals surface area contributed by atoms with Crippen molar-refractivity contribution in [2.75, 3.05) is 32.8 Å². The molecule has 5 heteroatoms. The Bertz CT molecular complexity index is 125. The Labute approximate surface area is 67.1 Å². The molecule has 1 aliphatic rings. The Morgan fingerprint density at radius 2 is 1.91 bits per heavy atom. The molecule has 1 rings (SSSR count). The van der Waals surface area contributed by atoms with Crippen LogP contribution >= 0.6 is 0 Å². The molecule has 2 N–H and O–H groups in total. The number of likely N-dealkylation sites (N-methyl/N-ethyl adjacent to an activating group) is 1. The molecule has 4 nitrogen and oxygen atoms in total. The summed E-state index contributed by atoms with van der Waals surface area (Å²) in [7, 11) is -1.25. The van der Waals surface area contributed by atoms with Crippen LogP contribution in [0.5, 0.6) is 0 Å². The highest BCUT2D eigenvalue weighted by Gasteiger charge is 2.42. The van der Waals surface area contributed by atoms with Crippen molar-refractivity contribution in [1.29, 1.82) is 0 Å². The van der Waals surface area contributed by atoms with E-state index in [1.165, 1.54) is 0 Å². The molecule has 0 bridgehead atoms. The Kier molecular flexibility index (Phi) is 2.89. The van der Waals surface area contributed by atoms with Gasteiger partial charge in [0.05, 0.1) is 32.8 Å². The highest BCUT2D eigenvalue weighted by Crippen LogP contribution is 2.10. The van der Waals surface area contributed by atoms with Gasteiger partial charge in [-0.1, -0.05) is 0 Å². The molecule has 1 aliphatic heterocycles. The maximum atomic E-state index is 9.10. The van der Waals surface area contributed by atoms with Gasteiger partial charge in [-0.3, -0.25) is 0 Å².